The van der Waals surface area contributed by atoms with Gasteiger partial charge < -0.3 is 4.74 Å². The monoisotopic (exact) mass is 340 g/mol. The first-order valence-electron chi connectivity index (χ1n) is 7.63. The number of ether oxygens (including phenoxy) is 1. The van der Waals surface area contributed by atoms with Crippen LogP contribution in [0.15, 0.2) is 17.0 Å². The van der Waals surface area contributed by atoms with Gasteiger partial charge in [0.1, 0.15) is 16.4 Å². The van der Waals surface area contributed by atoms with Crippen molar-refractivity contribution in [3.63, 3.8) is 0 Å². The molecule has 1 fully saturated rings. The van der Waals surface area contributed by atoms with Gasteiger partial charge in [-0.15, -0.1) is 0 Å². The second-order valence-corrected chi connectivity index (χ2v) is 7.88. The van der Waals surface area contributed by atoms with Crippen LogP contribution in [0, 0.1) is 13.8 Å². The number of hydrogen-bond donors (Lipinski definition) is 0. The molecule has 1 saturated heterocycles. The fraction of sp³-hybridized carbons (Fsp3) is 0.562. The topological polar surface area (TPSA) is 66.9 Å². The molecule has 2 rings (SSSR count). The molecular weight excluding hydrogens is 316 g/mol. The van der Waals surface area contributed by atoms with Gasteiger partial charge in [-0.3, -0.25) is 9.69 Å². The third-order valence-electron chi connectivity index (χ3n) is 4.18. The van der Waals surface area contributed by atoms with E-state index in [1.54, 1.807) is 19.1 Å². The zero-order chi connectivity index (χ0) is 17.2. The van der Waals surface area contributed by atoms with Crippen molar-refractivity contribution < 1.29 is 17.9 Å². The van der Waals surface area contributed by atoms with Gasteiger partial charge in [-0.1, -0.05) is 0 Å². The van der Waals surface area contributed by atoms with E-state index in [2.05, 4.69) is 0 Å². The molecule has 0 aliphatic carbocycles. The highest BCUT2D eigenvalue weighted by Gasteiger charge is 2.31. The Morgan fingerprint density at radius 3 is 2.22 bits per heavy atom. The van der Waals surface area contributed by atoms with Crippen LogP contribution in [-0.2, 0) is 14.8 Å². The number of carbonyl (C=O) groups is 1. The minimum absolute atomic E-state index is 0.0946. The largest absolute Gasteiger partial charge is 0.495 e. The quantitative estimate of drug-likeness (QED) is 0.806. The highest BCUT2D eigenvalue weighted by Crippen LogP contribution is 2.30. The molecule has 0 bridgehead atoms. The Morgan fingerprint density at radius 1 is 1.13 bits per heavy atom. The van der Waals surface area contributed by atoms with Crippen molar-refractivity contribution in [2.75, 3.05) is 39.8 Å². The predicted octanol–water partition coefficient (Wildman–Crippen LogP) is 1.21. The van der Waals surface area contributed by atoms with Gasteiger partial charge in [-0.05, 0) is 44.0 Å². The third kappa shape index (κ3) is 3.91. The molecule has 1 aromatic carbocycles. The average molecular weight is 340 g/mol. The molecule has 0 N–H and O–H groups in total. The molecule has 1 aliphatic heterocycles. The lowest BCUT2D eigenvalue weighted by Gasteiger charge is -2.33. The van der Waals surface area contributed by atoms with Crippen molar-refractivity contribution in [3.8, 4) is 5.75 Å². The standard InChI is InChI=1S/C16H24N2O4S/c1-12-9-15(22-4)16(10-13(12)2)23(20,21)18-7-5-17(6-8-18)11-14(3)19/h9-10H,5-8,11H2,1-4H3. The maximum absolute atomic E-state index is 12.9. The molecule has 0 radical (unpaired) electrons. The van der Waals surface area contributed by atoms with E-state index in [4.69, 9.17) is 4.74 Å². The minimum atomic E-state index is -3.60. The molecule has 0 amide bonds. The predicted molar refractivity (Wildman–Crippen MR) is 88.3 cm³/mol. The van der Waals surface area contributed by atoms with E-state index in [0.29, 0.717) is 38.5 Å². The third-order valence-corrected chi connectivity index (χ3v) is 6.10. The summed E-state index contributed by atoms with van der Waals surface area (Å²) in [6.45, 7) is 7.62. The lowest BCUT2D eigenvalue weighted by Crippen LogP contribution is -2.49. The van der Waals surface area contributed by atoms with E-state index < -0.39 is 10.0 Å². The van der Waals surface area contributed by atoms with Gasteiger partial charge in [0.05, 0.1) is 13.7 Å². The number of piperazine rings is 1. The van der Waals surface area contributed by atoms with Crippen LogP contribution in [0.4, 0.5) is 0 Å². The molecule has 0 unspecified atom stereocenters. The Morgan fingerprint density at radius 2 is 1.70 bits per heavy atom. The molecule has 0 atom stereocenters. The van der Waals surface area contributed by atoms with Crippen molar-refractivity contribution in [3.05, 3.63) is 23.3 Å². The number of Topliss-reactive ketones (excluding diaryl/α,β-unsaturated/α-hetero) is 1. The summed E-state index contributed by atoms with van der Waals surface area (Å²) in [6, 6.07) is 3.43. The Kier molecular flexibility index (Phi) is 5.44. The summed E-state index contributed by atoms with van der Waals surface area (Å²) in [6.07, 6.45) is 0. The van der Waals surface area contributed by atoms with Crippen LogP contribution < -0.4 is 4.74 Å². The Bertz CT molecular complexity index is 692. The Hall–Kier alpha value is -1.44. The average Bonchev–Trinajstić information content (AvgIpc) is 2.49. The van der Waals surface area contributed by atoms with Crippen LogP contribution in [0.5, 0.6) is 5.75 Å². The van der Waals surface area contributed by atoms with Gasteiger partial charge in [0.25, 0.3) is 0 Å². The maximum atomic E-state index is 12.9. The fourth-order valence-electron chi connectivity index (χ4n) is 2.71. The normalized spacial score (nSPS) is 17.2. The molecule has 6 nitrogen and oxygen atoms in total. The fourth-order valence-corrected chi connectivity index (χ4v) is 4.35. The van der Waals surface area contributed by atoms with Crippen LogP contribution in [0.1, 0.15) is 18.1 Å². The number of hydrogen-bond acceptors (Lipinski definition) is 5. The molecule has 1 aromatic rings. The first kappa shape index (κ1) is 17.9. The summed E-state index contributed by atoms with van der Waals surface area (Å²) < 4.78 is 32.6. The zero-order valence-electron chi connectivity index (χ0n) is 14.1. The first-order chi connectivity index (χ1) is 10.8. The first-order valence-corrected chi connectivity index (χ1v) is 9.07. The van der Waals surface area contributed by atoms with Crippen LogP contribution in [0.2, 0.25) is 0 Å². The number of rotatable bonds is 5. The van der Waals surface area contributed by atoms with Gasteiger partial charge in [-0.25, -0.2) is 8.42 Å². The van der Waals surface area contributed by atoms with Crippen molar-refractivity contribution in [2.24, 2.45) is 0 Å². The number of ketones is 1. The van der Waals surface area contributed by atoms with Gasteiger partial charge in [-0.2, -0.15) is 4.31 Å². The zero-order valence-corrected chi connectivity index (χ0v) is 14.9. The number of aryl methyl sites for hydroxylation is 2. The summed E-state index contributed by atoms with van der Waals surface area (Å²) >= 11 is 0. The van der Waals surface area contributed by atoms with Crippen molar-refractivity contribution in [1.29, 1.82) is 0 Å². The Balaban J connectivity index is 2.23. The second-order valence-electron chi connectivity index (χ2n) is 5.97. The molecular formula is C16H24N2O4S. The summed E-state index contributed by atoms with van der Waals surface area (Å²) in [5.41, 5.74) is 1.91. The molecule has 0 saturated carbocycles. The van der Waals surface area contributed by atoms with E-state index in [0.717, 1.165) is 11.1 Å². The number of benzene rings is 1. The van der Waals surface area contributed by atoms with Crippen molar-refractivity contribution in [1.82, 2.24) is 9.21 Å². The van der Waals surface area contributed by atoms with E-state index in [-0.39, 0.29) is 10.7 Å². The van der Waals surface area contributed by atoms with E-state index in [9.17, 15) is 13.2 Å². The van der Waals surface area contributed by atoms with Gasteiger partial charge in [0, 0.05) is 26.2 Å². The van der Waals surface area contributed by atoms with Crippen LogP contribution in [-0.4, -0.2) is 63.2 Å². The van der Waals surface area contributed by atoms with Crippen molar-refractivity contribution in [2.45, 2.75) is 25.7 Å². The highest BCUT2D eigenvalue weighted by atomic mass is 32.2. The SMILES string of the molecule is COc1cc(C)c(C)cc1S(=O)(=O)N1CCN(CC(C)=O)CC1. The van der Waals surface area contributed by atoms with Crippen LogP contribution in [0.3, 0.4) is 0 Å². The van der Waals surface area contributed by atoms with Gasteiger partial charge >= 0.3 is 0 Å². The smallest absolute Gasteiger partial charge is 0.246 e. The summed E-state index contributed by atoms with van der Waals surface area (Å²) in [7, 11) is -2.12. The van der Waals surface area contributed by atoms with Crippen molar-refractivity contribution >= 4 is 15.8 Å². The number of sulfonamides is 1. The lowest BCUT2D eigenvalue weighted by atomic mass is 10.1. The van der Waals surface area contributed by atoms with Crippen LogP contribution >= 0.6 is 0 Å². The summed E-state index contributed by atoms with van der Waals surface area (Å²) in [5.74, 6) is 0.469. The minimum Gasteiger partial charge on any atom is -0.495 e. The van der Waals surface area contributed by atoms with Crippen LogP contribution in [0.25, 0.3) is 0 Å². The molecule has 128 valence electrons. The number of methoxy groups -OCH3 is 1. The van der Waals surface area contributed by atoms with E-state index in [1.165, 1.54) is 11.4 Å². The molecule has 7 heteroatoms. The van der Waals surface area contributed by atoms with E-state index >= 15 is 0 Å². The van der Waals surface area contributed by atoms with E-state index in [1.807, 2.05) is 18.7 Å². The number of nitrogens with zero attached hydrogens (tertiary/aromatic N) is 2. The highest BCUT2D eigenvalue weighted by molar-refractivity contribution is 7.89. The van der Waals surface area contributed by atoms with Gasteiger partial charge in [0.15, 0.2) is 0 Å². The summed E-state index contributed by atoms with van der Waals surface area (Å²) in [5, 5.41) is 0. The molecule has 1 heterocycles. The summed E-state index contributed by atoms with van der Waals surface area (Å²) in [4.78, 5) is 13.4. The molecule has 0 spiro atoms. The molecule has 1 aliphatic rings. The lowest BCUT2D eigenvalue weighted by molar-refractivity contribution is -0.118. The molecule has 23 heavy (non-hydrogen) atoms. The molecule has 0 aromatic heterocycles. The Labute approximate surface area is 138 Å². The second kappa shape index (κ2) is 6.98. The number of carbonyl (C=O) groups excluding carboxylic acids is 1. The van der Waals surface area contributed by atoms with Gasteiger partial charge in [0.2, 0.25) is 10.0 Å². The maximum Gasteiger partial charge on any atom is 0.246 e.